The third-order valence-electron chi connectivity index (χ3n) is 3.82. The summed E-state index contributed by atoms with van der Waals surface area (Å²) in [5.41, 5.74) is 3.42. The van der Waals surface area contributed by atoms with Crippen LogP contribution in [0.5, 0.6) is 5.75 Å². The Bertz CT molecular complexity index is 955. The van der Waals surface area contributed by atoms with Crippen LogP contribution in [0.3, 0.4) is 0 Å². The molecule has 0 aliphatic heterocycles. The number of fused-ring (bicyclic) bond motifs is 1. The molecule has 1 aromatic heterocycles. The number of rotatable bonds is 4. The van der Waals surface area contributed by atoms with Gasteiger partial charge in [-0.15, -0.1) is 0 Å². The summed E-state index contributed by atoms with van der Waals surface area (Å²) in [6, 6.07) is 11.3. The molecule has 5 nitrogen and oxygen atoms in total. The molecule has 0 amide bonds. The van der Waals surface area contributed by atoms with E-state index in [0.29, 0.717) is 28.5 Å². The molecule has 1 heterocycles. The van der Waals surface area contributed by atoms with Crippen LogP contribution >= 0.6 is 12.2 Å². The van der Waals surface area contributed by atoms with E-state index in [1.165, 1.54) is 0 Å². The molecule has 0 saturated carbocycles. The zero-order chi connectivity index (χ0) is 17.1. The lowest BCUT2D eigenvalue weighted by Gasteiger charge is -2.13. The molecule has 2 aromatic carbocycles. The molecule has 24 heavy (non-hydrogen) atoms. The Morgan fingerprint density at radius 2 is 2.21 bits per heavy atom. The zero-order valence-electron chi connectivity index (χ0n) is 13.4. The van der Waals surface area contributed by atoms with E-state index >= 15 is 0 Å². The first kappa shape index (κ1) is 16.0. The Kier molecular flexibility index (Phi) is 4.45. The summed E-state index contributed by atoms with van der Waals surface area (Å²) in [6.07, 6.45) is 2.44. The van der Waals surface area contributed by atoms with Crippen LogP contribution in [0.1, 0.15) is 5.56 Å². The molecule has 3 rings (SSSR count). The minimum absolute atomic E-state index is 0.537. The van der Waals surface area contributed by atoms with Crippen LogP contribution < -0.4 is 10.1 Å². The highest BCUT2D eigenvalue weighted by Gasteiger charge is 2.10. The predicted molar refractivity (Wildman–Crippen MR) is 99.9 cm³/mol. The van der Waals surface area contributed by atoms with E-state index in [-0.39, 0.29) is 0 Å². The minimum Gasteiger partial charge on any atom is -0.495 e. The number of benzene rings is 2. The van der Waals surface area contributed by atoms with Crippen LogP contribution in [0.2, 0.25) is 0 Å². The van der Waals surface area contributed by atoms with Gasteiger partial charge in [0.1, 0.15) is 5.75 Å². The Balaban J connectivity index is 1.84. The smallest absolute Gasteiger partial charge is 0.189 e. The van der Waals surface area contributed by atoms with E-state index in [9.17, 15) is 0 Å². The number of hydrogen-bond donors (Lipinski definition) is 1. The lowest BCUT2D eigenvalue weighted by Crippen LogP contribution is -2.13. The standard InChI is InChI=1S/C18H16N4OS/c1-19-13-7-8-17(23-3)15(10-13)21-18(24)9-12-5-4-6-16-14(12)11-20-22(16)2/h4-8,10-11H,9H2,2-3H3,(H,21,24). The monoisotopic (exact) mass is 336 g/mol. The van der Waals surface area contributed by atoms with Gasteiger partial charge in [-0.3, -0.25) is 4.68 Å². The van der Waals surface area contributed by atoms with Gasteiger partial charge in [0.05, 0.1) is 36.1 Å². The van der Waals surface area contributed by atoms with Crippen molar-refractivity contribution in [3.05, 3.63) is 59.6 Å². The molecule has 0 fully saturated rings. The van der Waals surface area contributed by atoms with Gasteiger partial charge in [-0.2, -0.15) is 5.10 Å². The SMILES string of the molecule is [C-]#[N+]c1ccc(OC)c(NC(=S)Cc2cccc3c2cnn3C)c1. The molecular weight excluding hydrogens is 320 g/mol. The molecule has 0 saturated heterocycles. The second kappa shape index (κ2) is 6.69. The largest absolute Gasteiger partial charge is 0.495 e. The summed E-state index contributed by atoms with van der Waals surface area (Å²) in [7, 11) is 3.51. The number of aromatic nitrogens is 2. The van der Waals surface area contributed by atoms with Crippen molar-refractivity contribution in [2.24, 2.45) is 7.05 Å². The first-order chi connectivity index (χ1) is 11.6. The fourth-order valence-corrected chi connectivity index (χ4v) is 2.89. The molecule has 0 radical (unpaired) electrons. The highest BCUT2D eigenvalue weighted by molar-refractivity contribution is 7.80. The topological polar surface area (TPSA) is 43.4 Å². The van der Waals surface area contributed by atoms with Crippen molar-refractivity contribution in [2.75, 3.05) is 12.4 Å². The van der Waals surface area contributed by atoms with E-state index in [0.717, 1.165) is 16.5 Å². The maximum absolute atomic E-state index is 7.14. The second-order valence-corrected chi connectivity index (χ2v) is 5.83. The Labute approximate surface area is 145 Å². The molecule has 120 valence electrons. The van der Waals surface area contributed by atoms with E-state index in [2.05, 4.69) is 15.3 Å². The molecule has 0 atom stereocenters. The van der Waals surface area contributed by atoms with Gasteiger partial charge >= 0.3 is 0 Å². The predicted octanol–water partition coefficient (Wildman–Crippen LogP) is 4.11. The van der Waals surface area contributed by atoms with Gasteiger partial charge in [-0.1, -0.05) is 30.4 Å². The number of thiocarbonyl (C=S) groups is 1. The fourth-order valence-electron chi connectivity index (χ4n) is 2.62. The lowest BCUT2D eigenvalue weighted by atomic mass is 10.1. The maximum Gasteiger partial charge on any atom is 0.189 e. The average Bonchev–Trinajstić information content (AvgIpc) is 2.97. The van der Waals surface area contributed by atoms with Gasteiger partial charge < -0.3 is 10.1 Å². The molecule has 3 aromatic rings. The van der Waals surface area contributed by atoms with Crippen molar-refractivity contribution in [1.29, 1.82) is 0 Å². The molecule has 6 heteroatoms. The minimum atomic E-state index is 0.537. The van der Waals surface area contributed by atoms with Crippen LogP contribution in [0.4, 0.5) is 11.4 Å². The number of methoxy groups -OCH3 is 1. The number of anilines is 1. The highest BCUT2D eigenvalue weighted by Crippen LogP contribution is 2.29. The first-order valence-electron chi connectivity index (χ1n) is 7.37. The van der Waals surface area contributed by atoms with Crippen molar-refractivity contribution < 1.29 is 4.74 Å². The van der Waals surface area contributed by atoms with Gasteiger partial charge in [0.2, 0.25) is 0 Å². The van der Waals surface area contributed by atoms with Crippen LogP contribution in [-0.4, -0.2) is 21.9 Å². The number of nitrogens with zero attached hydrogens (tertiary/aromatic N) is 3. The number of nitrogens with one attached hydrogen (secondary N) is 1. The highest BCUT2D eigenvalue weighted by atomic mass is 32.1. The zero-order valence-corrected chi connectivity index (χ0v) is 14.2. The summed E-state index contributed by atoms with van der Waals surface area (Å²) in [4.78, 5) is 4.10. The van der Waals surface area contributed by atoms with Crippen LogP contribution in [-0.2, 0) is 13.5 Å². The molecule has 0 aliphatic rings. The molecule has 0 spiro atoms. The fraction of sp³-hybridized carbons (Fsp3) is 0.167. The summed E-state index contributed by atoms with van der Waals surface area (Å²) in [5, 5.41) is 8.58. The molecule has 0 bridgehead atoms. The van der Waals surface area contributed by atoms with E-state index in [4.69, 9.17) is 23.5 Å². The summed E-state index contributed by atoms with van der Waals surface area (Å²) < 4.78 is 7.18. The Morgan fingerprint density at radius 1 is 1.38 bits per heavy atom. The quantitative estimate of drug-likeness (QED) is 0.575. The molecular formula is C18H16N4OS. The van der Waals surface area contributed by atoms with Crippen LogP contribution in [0.25, 0.3) is 15.7 Å². The Hall–Kier alpha value is -2.91. The molecule has 1 N–H and O–H groups in total. The summed E-state index contributed by atoms with van der Waals surface area (Å²) in [6.45, 7) is 7.14. The molecule has 0 aliphatic carbocycles. The maximum atomic E-state index is 7.14. The second-order valence-electron chi connectivity index (χ2n) is 5.34. The normalized spacial score (nSPS) is 10.4. The van der Waals surface area contributed by atoms with E-state index < -0.39 is 0 Å². The van der Waals surface area contributed by atoms with Crippen LogP contribution in [0, 0.1) is 6.57 Å². The van der Waals surface area contributed by atoms with Gasteiger partial charge in [-0.05, 0) is 23.8 Å². The number of hydrogen-bond acceptors (Lipinski definition) is 3. The van der Waals surface area contributed by atoms with Crippen molar-refractivity contribution in [3.63, 3.8) is 0 Å². The van der Waals surface area contributed by atoms with Gasteiger partial charge in [0, 0.05) is 18.9 Å². The van der Waals surface area contributed by atoms with Gasteiger partial charge in [-0.25, -0.2) is 4.85 Å². The van der Waals surface area contributed by atoms with Crippen LogP contribution in [0.15, 0.2) is 42.6 Å². The first-order valence-corrected chi connectivity index (χ1v) is 7.78. The third-order valence-corrected chi connectivity index (χ3v) is 4.07. The van der Waals surface area contributed by atoms with Gasteiger partial charge in [0.15, 0.2) is 5.69 Å². The lowest BCUT2D eigenvalue weighted by molar-refractivity contribution is 0.417. The Morgan fingerprint density at radius 3 is 2.96 bits per heavy atom. The average molecular weight is 336 g/mol. The number of aryl methyl sites for hydroxylation is 1. The third kappa shape index (κ3) is 3.07. The number of ether oxygens (including phenoxy) is 1. The summed E-state index contributed by atoms with van der Waals surface area (Å²) in [5.74, 6) is 0.657. The van der Waals surface area contributed by atoms with E-state index in [1.54, 1.807) is 25.3 Å². The van der Waals surface area contributed by atoms with Gasteiger partial charge in [0.25, 0.3) is 0 Å². The summed E-state index contributed by atoms with van der Waals surface area (Å²) >= 11 is 5.50. The van der Waals surface area contributed by atoms with E-state index in [1.807, 2.05) is 36.1 Å². The van der Waals surface area contributed by atoms with Crippen molar-refractivity contribution in [1.82, 2.24) is 9.78 Å². The molecule has 0 unspecified atom stereocenters. The van der Waals surface area contributed by atoms with Crippen molar-refractivity contribution >= 4 is 39.5 Å². The van der Waals surface area contributed by atoms with Crippen molar-refractivity contribution in [2.45, 2.75) is 6.42 Å². The van der Waals surface area contributed by atoms with Crippen molar-refractivity contribution in [3.8, 4) is 5.75 Å².